The van der Waals surface area contributed by atoms with E-state index in [1.54, 1.807) is 6.07 Å². The Hall–Kier alpha value is -2.47. The van der Waals surface area contributed by atoms with Crippen LogP contribution in [0.5, 0.6) is 0 Å². The Morgan fingerprint density at radius 3 is 2.93 bits per heavy atom. The third kappa shape index (κ3) is 4.27. The number of H-pyrrole nitrogens is 1. The van der Waals surface area contributed by atoms with Crippen LogP contribution in [0.25, 0.3) is 0 Å². The van der Waals surface area contributed by atoms with Crippen LogP contribution >= 0.6 is 11.6 Å². The van der Waals surface area contributed by atoms with E-state index in [1.807, 2.05) is 0 Å². The van der Waals surface area contributed by atoms with Gasteiger partial charge in [-0.25, -0.2) is 19.0 Å². The lowest BCUT2D eigenvalue weighted by molar-refractivity contribution is -0.194. The molecule has 4 rings (SSSR count). The van der Waals surface area contributed by atoms with E-state index in [4.69, 9.17) is 21.2 Å². The molecule has 0 radical (unpaired) electrons. The summed E-state index contributed by atoms with van der Waals surface area (Å²) in [6, 6.07) is 3.94. The van der Waals surface area contributed by atoms with Gasteiger partial charge >= 0.3 is 11.8 Å². The molecule has 10 nitrogen and oxygen atoms in total. The highest BCUT2D eigenvalue weighted by atomic mass is 35.5. The van der Waals surface area contributed by atoms with Crippen molar-refractivity contribution in [2.75, 3.05) is 37.7 Å². The number of halogens is 2. The lowest BCUT2D eigenvalue weighted by Crippen LogP contribution is -2.52. The van der Waals surface area contributed by atoms with Crippen LogP contribution in [0.15, 0.2) is 27.5 Å². The summed E-state index contributed by atoms with van der Waals surface area (Å²) in [6.45, 7) is 2.07. The van der Waals surface area contributed by atoms with Crippen LogP contribution in [0.3, 0.4) is 0 Å². The number of nitrogens with zero attached hydrogens (tertiary/aromatic N) is 3. The molecule has 0 bridgehead atoms. The Balaban J connectivity index is 1.54. The third-order valence-corrected chi connectivity index (χ3v) is 4.97. The lowest BCUT2D eigenvalue weighted by Gasteiger charge is -2.36. The molecule has 12 heteroatoms. The van der Waals surface area contributed by atoms with Crippen molar-refractivity contribution in [2.45, 2.75) is 18.6 Å². The van der Waals surface area contributed by atoms with Gasteiger partial charge in [-0.15, -0.1) is 0 Å². The average molecular weight is 428 g/mol. The fourth-order valence-corrected chi connectivity index (χ4v) is 3.42. The number of nitrogens with one attached hydrogen (secondary N) is 2. The molecule has 156 valence electrons. The third-order valence-electron chi connectivity index (χ3n) is 4.67. The minimum Gasteiger partial charge on any atom is -0.369 e. The molecular weight excluding hydrogens is 409 g/mol. The molecule has 0 spiro atoms. The molecule has 2 aliphatic rings. The first-order chi connectivity index (χ1) is 14.0. The smallest absolute Gasteiger partial charge is 0.369 e. The number of carbonyl (C=O) groups excluding carboxylic acids is 1. The van der Waals surface area contributed by atoms with Crippen LogP contribution in [0.4, 0.5) is 15.1 Å². The zero-order valence-electron chi connectivity index (χ0n) is 15.3. The zero-order valence-corrected chi connectivity index (χ0v) is 16.0. The van der Waals surface area contributed by atoms with Gasteiger partial charge in [-0.3, -0.25) is 19.2 Å². The fraction of sp³-hybridized carbons (Fsp3) is 0.471. The number of urea groups is 1. The summed E-state index contributed by atoms with van der Waals surface area (Å²) >= 11 is 5.78. The van der Waals surface area contributed by atoms with Gasteiger partial charge in [0.15, 0.2) is 0 Å². The first kappa shape index (κ1) is 19.8. The van der Waals surface area contributed by atoms with Crippen molar-refractivity contribution in [1.82, 2.24) is 20.5 Å². The zero-order chi connectivity index (χ0) is 20.4. The van der Waals surface area contributed by atoms with Crippen LogP contribution < -0.4 is 16.0 Å². The molecule has 2 fully saturated rings. The van der Waals surface area contributed by atoms with E-state index in [1.165, 1.54) is 22.1 Å². The summed E-state index contributed by atoms with van der Waals surface area (Å²) in [5.74, 6) is -1.30. The second kappa shape index (κ2) is 8.49. The minimum absolute atomic E-state index is 0.0138. The van der Waals surface area contributed by atoms with Gasteiger partial charge in [-0.1, -0.05) is 17.7 Å². The summed E-state index contributed by atoms with van der Waals surface area (Å²) < 4.78 is 24.3. The van der Waals surface area contributed by atoms with E-state index in [-0.39, 0.29) is 11.0 Å². The van der Waals surface area contributed by atoms with E-state index in [0.717, 1.165) is 0 Å². The monoisotopic (exact) mass is 427 g/mol. The number of aromatic nitrogens is 2. The second-order valence-corrected chi connectivity index (χ2v) is 7.03. The molecule has 2 atom stereocenters. The topological polar surface area (TPSA) is 113 Å². The molecule has 2 N–H and O–H groups in total. The molecular formula is C17H19ClFN5O5. The van der Waals surface area contributed by atoms with Crippen LogP contribution in [0.1, 0.15) is 18.1 Å². The summed E-state index contributed by atoms with van der Waals surface area (Å²) in [5.41, 5.74) is 0.558. The lowest BCUT2D eigenvalue weighted by atomic mass is 10.0. The molecule has 2 amide bonds. The number of hydrogen-bond donors (Lipinski definition) is 2. The van der Waals surface area contributed by atoms with Gasteiger partial charge in [-0.05, 0) is 29.3 Å². The molecule has 0 saturated carbocycles. The van der Waals surface area contributed by atoms with Gasteiger partial charge in [0.05, 0.1) is 18.2 Å². The number of rotatable bonds is 4. The highest BCUT2D eigenvalue weighted by Gasteiger charge is 2.35. The van der Waals surface area contributed by atoms with Crippen LogP contribution in [0.2, 0.25) is 5.02 Å². The maximum absolute atomic E-state index is 14.0. The van der Waals surface area contributed by atoms with E-state index in [9.17, 15) is 14.0 Å². The van der Waals surface area contributed by atoms with Crippen LogP contribution in [0, 0.1) is 5.82 Å². The first-order valence-corrected chi connectivity index (χ1v) is 9.50. The van der Waals surface area contributed by atoms with Crippen molar-refractivity contribution in [3.05, 3.63) is 45.2 Å². The van der Waals surface area contributed by atoms with Crippen molar-refractivity contribution >= 4 is 23.6 Å². The molecule has 3 heterocycles. The van der Waals surface area contributed by atoms with Crippen molar-refractivity contribution in [3.8, 4) is 0 Å². The van der Waals surface area contributed by atoms with Gasteiger partial charge in [0.1, 0.15) is 18.0 Å². The molecule has 1 aromatic carbocycles. The highest BCUT2D eigenvalue weighted by Crippen LogP contribution is 2.29. The maximum atomic E-state index is 14.0. The summed E-state index contributed by atoms with van der Waals surface area (Å²) in [7, 11) is 0. The highest BCUT2D eigenvalue weighted by molar-refractivity contribution is 6.30. The van der Waals surface area contributed by atoms with E-state index in [2.05, 4.69) is 20.0 Å². The quantitative estimate of drug-likeness (QED) is 0.759. The SMILES string of the molecule is O=C1N(O[C@@H]2CNCCO[C@H]2c2ccc(Cl)c(F)c2)CCCN1c1noc(=O)[nH]1. The average Bonchev–Trinajstić information content (AvgIpc) is 3.00. The van der Waals surface area contributed by atoms with Gasteiger partial charge in [0.2, 0.25) is 0 Å². The van der Waals surface area contributed by atoms with Crippen molar-refractivity contribution in [3.63, 3.8) is 0 Å². The summed E-state index contributed by atoms with van der Waals surface area (Å²) in [6.07, 6.45) is -0.618. The van der Waals surface area contributed by atoms with Crippen LogP contribution in [-0.2, 0) is 9.57 Å². The standard InChI is InChI=1S/C17H19ClFN5O5/c18-11-3-2-10(8-12(11)19)14-13(9-20-4-7-27-14)29-24-6-1-5-23(17(24)26)15-21-16(25)28-22-15/h2-3,8,13-14,20H,1,4-7,9H2,(H,21,22,25)/t13-,14+/m1/s1. The van der Waals surface area contributed by atoms with Crippen molar-refractivity contribution in [1.29, 1.82) is 0 Å². The Morgan fingerprint density at radius 2 is 2.17 bits per heavy atom. The molecule has 2 saturated heterocycles. The first-order valence-electron chi connectivity index (χ1n) is 9.12. The fourth-order valence-electron chi connectivity index (χ4n) is 3.30. The number of hydrogen-bond acceptors (Lipinski definition) is 7. The molecule has 1 aromatic heterocycles. The van der Waals surface area contributed by atoms with E-state index >= 15 is 0 Å². The van der Waals surface area contributed by atoms with Gasteiger partial charge in [0, 0.05) is 19.6 Å². The molecule has 2 aromatic rings. The largest absolute Gasteiger partial charge is 0.440 e. The molecule has 0 unspecified atom stereocenters. The predicted molar refractivity (Wildman–Crippen MR) is 99.0 cm³/mol. The van der Waals surface area contributed by atoms with Gasteiger partial charge in [-0.2, -0.15) is 0 Å². The Bertz CT molecular complexity index is 937. The number of carbonyl (C=O) groups is 1. The van der Waals surface area contributed by atoms with Gasteiger partial charge in [0.25, 0.3) is 5.95 Å². The van der Waals surface area contributed by atoms with Gasteiger partial charge < -0.3 is 10.1 Å². The summed E-state index contributed by atoms with van der Waals surface area (Å²) in [4.78, 5) is 33.6. The predicted octanol–water partition coefficient (Wildman–Crippen LogP) is 1.45. The molecule has 0 aliphatic carbocycles. The number of ether oxygens (including phenoxy) is 1. The normalized spacial score (nSPS) is 23.3. The molecule has 2 aliphatic heterocycles. The van der Waals surface area contributed by atoms with E-state index < -0.39 is 29.8 Å². The number of benzene rings is 1. The summed E-state index contributed by atoms with van der Waals surface area (Å²) in [5, 5.41) is 7.94. The number of amides is 2. The van der Waals surface area contributed by atoms with Crippen LogP contribution in [-0.4, -0.2) is 60.1 Å². The Labute approximate surface area is 169 Å². The van der Waals surface area contributed by atoms with Crippen molar-refractivity contribution in [2.24, 2.45) is 0 Å². The van der Waals surface area contributed by atoms with E-state index in [0.29, 0.717) is 44.8 Å². The second-order valence-electron chi connectivity index (χ2n) is 6.62. The number of hydroxylamine groups is 2. The Kier molecular flexibility index (Phi) is 5.81. The van der Waals surface area contributed by atoms with Crippen molar-refractivity contribution < 1.29 is 23.3 Å². The number of aromatic amines is 1. The molecule has 29 heavy (non-hydrogen) atoms. The minimum atomic E-state index is -0.753. The number of anilines is 1. The Morgan fingerprint density at radius 1 is 1.31 bits per heavy atom. The maximum Gasteiger partial charge on any atom is 0.440 e.